The molecule has 2 aromatic carbocycles. The molecule has 0 aliphatic rings. The topological polar surface area (TPSA) is 58.9 Å². The largest absolute Gasteiger partial charge is 0.465 e. The minimum Gasteiger partial charge on any atom is -0.465 e. The van der Waals surface area contributed by atoms with Crippen molar-refractivity contribution in [3.63, 3.8) is 0 Å². The van der Waals surface area contributed by atoms with Crippen LogP contribution in [0.5, 0.6) is 11.5 Å². The molecule has 4 nitrogen and oxygen atoms in total. The molecule has 0 fully saturated rings. The van der Waals surface area contributed by atoms with Crippen LogP contribution in [0.3, 0.4) is 0 Å². The van der Waals surface area contributed by atoms with Crippen LogP contribution in [-0.2, 0) is 5.41 Å². The Kier molecular flexibility index (Phi) is 7.06. The van der Waals surface area contributed by atoms with E-state index in [-0.39, 0.29) is 5.41 Å². The van der Waals surface area contributed by atoms with Crippen LogP contribution < -0.4 is 9.47 Å². The van der Waals surface area contributed by atoms with Crippen LogP contribution in [-0.4, -0.2) is 22.8 Å². The number of hydrogen-bond acceptors (Lipinski definition) is 4. The van der Waals surface area contributed by atoms with Crippen LogP contribution in [0.4, 0.5) is 0 Å². The summed E-state index contributed by atoms with van der Waals surface area (Å²) in [6.45, 7) is 8.12. The molecule has 0 radical (unpaired) electrons. The Hall–Kier alpha value is -2.04. The maximum Gasteiger partial charge on any atom is 0.197 e. The summed E-state index contributed by atoms with van der Waals surface area (Å²) in [6.07, 6.45) is 0.488. The van der Waals surface area contributed by atoms with Gasteiger partial charge in [0.2, 0.25) is 0 Å². The first-order chi connectivity index (χ1) is 12.4. The molecule has 0 amide bonds. The quantitative estimate of drug-likeness (QED) is 0.642. The van der Waals surface area contributed by atoms with Gasteiger partial charge in [0.25, 0.3) is 0 Å². The summed E-state index contributed by atoms with van der Waals surface area (Å²) in [7, 11) is 0. The fraction of sp³-hybridized carbons (Fsp3) is 0.455. The van der Waals surface area contributed by atoms with Gasteiger partial charge in [-0.3, -0.25) is 0 Å². The van der Waals surface area contributed by atoms with Gasteiger partial charge in [0, 0.05) is 18.3 Å². The fourth-order valence-electron chi connectivity index (χ4n) is 2.86. The average molecular weight is 358 g/mol. The summed E-state index contributed by atoms with van der Waals surface area (Å²) >= 11 is 0. The van der Waals surface area contributed by atoms with Crippen molar-refractivity contribution in [2.24, 2.45) is 0 Å². The lowest BCUT2D eigenvalue weighted by atomic mass is 9.74. The lowest BCUT2D eigenvalue weighted by molar-refractivity contribution is -0.0196. The second kappa shape index (κ2) is 9.06. The maximum absolute atomic E-state index is 9.62. The van der Waals surface area contributed by atoms with Gasteiger partial charge in [0.1, 0.15) is 11.5 Å². The van der Waals surface area contributed by atoms with Crippen molar-refractivity contribution >= 4 is 0 Å². The van der Waals surface area contributed by atoms with Crippen LogP contribution in [0.2, 0.25) is 0 Å². The van der Waals surface area contributed by atoms with Gasteiger partial charge in [-0.2, -0.15) is 0 Å². The van der Waals surface area contributed by atoms with Gasteiger partial charge in [0.15, 0.2) is 12.6 Å². The van der Waals surface area contributed by atoms with Gasteiger partial charge in [-0.1, -0.05) is 52.0 Å². The summed E-state index contributed by atoms with van der Waals surface area (Å²) in [5.74, 6) is 1.33. The molecule has 2 rings (SSSR count). The Morgan fingerprint density at radius 3 is 1.35 bits per heavy atom. The van der Waals surface area contributed by atoms with Gasteiger partial charge in [0.05, 0.1) is 0 Å². The molecular formula is C22H30O4. The van der Waals surface area contributed by atoms with E-state index in [9.17, 15) is 10.2 Å². The number of hydrogen-bond donors (Lipinski definition) is 2. The van der Waals surface area contributed by atoms with Gasteiger partial charge < -0.3 is 19.7 Å². The zero-order valence-electron chi connectivity index (χ0n) is 16.1. The van der Waals surface area contributed by atoms with E-state index in [2.05, 4.69) is 13.8 Å². The first-order valence-electron chi connectivity index (χ1n) is 9.33. The monoisotopic (exact) mass is 358 g/mol. The summed E-state index contributed by atoms with van der Waals surface area (Å²) in [6, 6.07) is 15.8. The second-order valence-electron chi connectivity index (χ2n) is 6.70. The summed E-state index contributed by atoms with van der Waals surface area (Å²) in [4.78, 5) is 0. The predicted octanol–water partition coefficient (Wildman–Crippen LogP) is 4.62. The van der Waals surface area contributed by atoms with E-state index in [1.807, 2.05) is 62.4 Å². The highest BCUT2D eigenvalue weighted by atomic mass is 16.6. The normalized spacial score (nSPS) is 15.8. The summed E-state index contributed by atoms with van der Waals surface area (Å²) in [5, 5.41) is 19.2. The Balaban J connectivity index is 2.21. The van der Waals surface area contributed by atoms with E-state index in [0.29, 0.717) is 24.3 Å². The van der Waals surface area contributed by atoms with Gasteiger partial charge in [-0.05, 0) is 41.8 Å². The van der Waals surface area contributed by atoms with Gasteiger partial charge >= 0.3 is 0 Å². The second-order valence-corrected chi connectivity index (χ2v) is 6.70. The molecule has 142 valence electrons. The van der Waals surface area contributed by atoms with E-state index in [4.69, 9.17) is 9.47 Å². The third kappa shape index (κ3) is 4.77. The van der Waals surface area contributed by atoms with Crippen molar-refractivity contribution in [1.29, 1.82) is 0 Å². The molecule has 0 heterocycles. The SMILES string of the molecule is CCC(O)Oc1ccc(C(C)(CC)c2ccc(OC(O)CC)cc2)cc1. The Morgan fingerprint density at radius 2 is 1.08 bits per heavy atom. The fourth-order valence-corrected chi connectivity index (χ4v) is 2.86. The molecule has 0 bridgehead atoms. The summed E-state index contributed by atoms with van der Waals surface area (Å²) in [5.41, 5.74) is 2.21. The molecule has 2 unspecified atom stereocenters. The van der Waals surface area contributed by atoms with E-state index < -0.39 is 12.6 Å². The molecule has 0 aromatic heterocycles. The summed E-state index contributed by atoms with van der Waals surface area (Å²) < 4.78 is 10.9. The smallest absolute Gasteiger partial charge is 0.197 e. The first kappa shape index (κ1) is 20.3. The third-order valence-electron chi connectivity index (χ3n) is 4.93. The standard InChI is InChI=1S/C22H30O4/c1-5-20(23)25-18-12-8-16(9-13-18)22(4,7-3)17-10-14-19(15-11-17)26-21(24)6-2/h8-15,20-21,23-24H,5-7H2,1-4H3. The zero-order chi connectivity index (χ0) is 19.2. The van der Waals surface area contributed by atoms with Crippen LogP contribution in [0.15, 0.2) is 48.5 Å². The highest BCUT2D eigenvalue weighted by molar-refractivity contribution is 5.42. The highest BCUT2D eigenvalue weighted by Gasteiger charge is 2.27. The van der Waals surface area contributed by atoms with Crippen molar-refractivity contribution < 1.29 is 19.7 Å². The molecule has 0 saturated heterocycles. The molecule has 0 spiro atoms. The van der Waals surface area contributed by atoms with Crippen molar-refractivity contribution in [2.45, 2.75) is 65.0 Å². The number of aliphatic hydroxyl groups is 2. The molecule has 0 aliphatic carbocycles. The Labute approximate surface area is 156 Å². The highest BCUT2D eigenvalue weighted by Crippen LogP contribution is 2.36. The Morgan fingerprint density at radius 1 is 0.731 bits per heavy atom. The first-order valence-corrected chi connectivity index (χ1v) is 9.33. The molecule has 4 heteroatoms. The van der Waals surface area contributed by atoms with Crippen molar-refractivity contribution in [2.75, 3.05) is 0 Å². The molecule has 0 aliphatic heterocycles. The lowest BCUT2D eigenvalue weighted by Crippen LogP contribution is -2.22. The van der Waals surface area contributed by atoms with Gasteiger partial charge in [-0.25, -0.2) is 0 Å². The van der Waals surface area contributed by atoms with Crippen molar-refractivity contribution in [3.8, 4) is 11.5 Å². The molecular weight excluding hydrogens is 328 g/mol. The average Bonchev–Trinajstić information content (AvgIpc) is 2.68. The number of ether oxygens (including phenoxy) is 2. The van der Waals surface area contributed by atoms with E-state index >= 15 is 0 Å². The predicted molar refractivity (Wildman–Crippen MR) is 103 cm³/mol. The lowest BCUT2D eigenvalue weighted by Gasteiger charge is -2.30. The minimum absolute atomic E-state index is 0.149. The molecule has 2 N–H and O–H groups in total. The number of aliphatic hydroxyl groups excluding tert-OH is 2. The van der Waals surface area contributed by atoms with Crippen LogP contribution in [0, 0.1) is 0 Å². The van der Waals surface area contributed by atoms with E-state index in [0.717, 1.165) is 6.42 Å². The Bertz CT molecular complexity index is 608. The van der Waals surface area contributed by atoms with Crippen LogP contribution in [0.25, 0.3) is 0 Å². The van der Waals surface area contributed by atoms with E-state index in [1.54, 1.807) is 0 Å². The third-order valence-corrected chi connectivity index (χ3v) is 4.93. The van der Waals surface area contributed by atoms with Crippen LogP contribution in [0.1, 0.15) is 58.1 Å². The number of benzene rings is 2. The minimum atomic E-state index is -0.774. The molecule has 26 heavy (non-hydrogen) atoms. The van der Waals surface area contributed by atoms with Crippen molar-refractivity contribution in [1.82, 2.24) is 0 Å². The number of rotatable bonds is 9. The van der Waals surface area contributed by atoms with E-state index in [1.165, 1.54) is 11.1 Å². The molecule has 2 atom stereocenters. The van der Waals surface area contributed by atoms with Crippen LogP contribution >= 0.6 is 0 Å². The van der Waals surface area contributed by atoms with Crippen molar-refractivity contribution in [3.05, 3.63) is 59.7 Å². The maximum atomic E-state index is 9.62. The molecule has 0 saturated carbocycles. The van der Waals surface area contributed by atoms with Gasteiger partial charge in [-0.15, -0.1) is 0 Å². The molecule has 2 aromatic rings. The zero-order valence-corrected chi connectivity index (χ0v) is 16.1.